The van der Waals surface area contributed by atoms with Crippen LogP contribution in [0.5, 0.6) is 0 Å². The lowest BCUT2D eigenvalue weighted by atomic mass is 9.92. The summed E-state index contributed by atoms with van der Waals surface area (Å²) in [6.45, 7) is 6.06. The van der Waals surface area contributed by atoms with E-state index in [2.05, 4.69) is 18.8 Å². The number of hydrogen-bond acceptors (Lipinski definition) is 4. The predicted octanol–water partition coefficient (Wildman–Crippen LogP) is 2.84. The number of amides is 1. The minimum atomic E-state index is -0.0455. The SMILES string of the molecule is CC1CC(C)CN(C(=O)Cn2cnc3sc4c(c3c2=O)CCCC4)C1. The Morgan fingerprint density at radius 3 is 2.72 bits per heavy atom. The fourth-order valence-corrected chi connectivity index (χ4v) is 5.63. The number of aromatic nitrogens is 2. The number of carbonyl (C=O) groups is 1. The van der Waals surface area contributed by atoms with Gasteiger partial charge in [0.15, 0.2) is 0 Å². The minimum Gasteiger partial charge on any atom is -0.341 e. The van der Waals surface area contributed by atoms with Crippen molar-refractivity contribution in [3.63, 3.8) is 0 Å². The molecule has 0 bridgehead atoms. The molecule has 2 aliphatic rings. The molecule has 0 spiro atoms. The molecule has 1 amide bonds. The fraction of sp³-hybridized carbons (Fsp3) is 0.632. The third-order valence-electron chi connectivity index (χ3n) is 5.47. The first-order chi connectivity index (χ1) is 12.0. The van der Waals surface area contributed by atoms with E-state index in [-0.39, 0.29) is 18.0 Å². The van der Waals surface area contributed by atoms with E-state index in [1.54, 1.807) is 17.7 Å². The second-order valence-corrected chi connectivity index (χ2v) is 8.90. The maximum atomic E-state index is 13.0. The summed E-state index contributed by atoms with van der Waals surface area (Å²) in [6.07, 6.45) is 7.07. The molecule has 1 saturated heterocycles. The second-order valence-electron chi connectivity index (χ2n) is 7.81. The van der Waals surface area contributed by atoms with Crippen molar-refractivity contribution in [3.8, 4) is 0 Å². The van der Waals surface area contributed by atoms with Crippen LogP contribution in [0, 0.1) is 11.8 Å². The van der Waals surface area contributed by atoms with Gasteiger partial charge in [-0.1, -0.05) is 13.8 Å². The zero-order chi connectivity index (χ0) is 17.6. The Morgan fingerprint density at radius 1 is 1.24 bits per heavy atom. The smallest absolute Gasteiger partial charge is 0.262 e. The summed E-state index contributed by atoms with van der Waals surface area (Å²) < 4.78 is 1.51. The van der Waals surface area contributed by atoms with Crippen molar-refractivity contribution < 1.29 is 4.79 Å². The standard InChI is InChI=1S/C19H25N3O2S/c1-12-7-13(2)9-21(8-12)16(23)10-22-11-20-18-17(19(22)24)14-5-3-4-6-15(14)25-18/h11-13H,3-10H2,1-2H3. The molecule has 0 saturated carbocycles. The highest BCUT2D eigenvalue weighted by atomic mass is 32.1. The van der Waals surface area contributed by atoms with Crippen molar-refractivity contribution in [3.05, 3.63) is 27.1 Å². The van der Waals surface area contributed by atoms with Crippen molar-refractivity contribution in [1.29, 1.82) is 0 Å². The van der Waals surface area contributed by atoms with Crippen LogP contribution in [0.3, 0.4) is 0 Å². The third kappa shape index (κ3) is 3.12. The Kier molecular flexibility index (Phi) is 4.40. The zero-order valence-electron chi connectivity index (χ0n) is 15.0. The Bertz CT molecular complexity index is 859. The highest BCUT2D eigenvalue weighted by Gasteiger charge is 2.26. The van der Waals surface area contributed by atoms with Gasteiger partial charge in [-0.3, -0.25) is 14.2 Å². The van der Waals surface area contributed by atoms with Gasteiger partial charge in [0.05, 0.1) is 11.7 Å². The number of piperidine rings is 1. The maximum Gasteiger partial charge on any atom is 0.262 e. The number of carbonyl (C=O) groups excluding carboxylic acids is 1. The topological polar surface area (TPSA) is 55.2 Å². The van der Waals surface area contributed by atoms with E-state index in [1.807, 2.05) is 4.90 Å². The van der Waals surface area contributed by atoms with Crippen LogP contribution in [0.15, 0.2) is 11.1 Å². The molecule has 2 unspecified atom stereocenters. The molecule has 2 aromatic heterocycles. The van der Waals surface area contributed by atoms with Crippen LogP contribution in [0.2, 0.25) is 0 Å². The molecule has 2 atom stereocenters. The maximum absolute atomic E-state index is 13.0. The molecule has 6 heteroatoms. The summed E-state index contributed by atoms with van der Waals surface area (Å²) in [6, 6.07) is 0. The van der Waals surface area contributed by atoms with Crippen molar-refractivity contribution in [2.24, 2.45) is 11.8 Å². The number of likely N-dealkylation sites (tertiary alicyclic amines) is 1. The Morgan fingerprint density at radius 2 is 1.96 bits per heavy atom. The van der Waals surface area contributed by atoms with Crippen molar-refractivity contribution in [2.45, 2.75) is 52.5 Å². The van der Waals surface area contributed by atoms with Gasteiger partial charge >= 0.3 is 0 Å². The summed E-state index contributed by atoms with van der Waals surface area (Å²) in [5, 5.41) is 0.760. The van der Waals surface area contributed by atoms with Crippen LogP contribution in [0.25, 0.3) is 10.2 Å². The molecule has 1 aliphatic carbocycles. The molecule has 0 radical (unpaired) electrons. The fourth-order valence-electron chi connectivity index (χ4n) is 4.41. The summed E-state index contributed by atoms with van der Waals surface area (Å²) in [5.41, 5.74) is 1.14. The van der Waals surface area contributed by atoms with Crippen LogP contribution in [-0.2, 0) is 24.2 Å². The second kappa shape index (κ2) is 6.56. The van der Waals surface area contributed by atoms with E-state index in [0.717, 1.165) is 49.0 Å². The highest BCUT2D eigenvalue weighted by Crippen LogP contribution is 2.33. The lowest BCUT2D eigenvalue weighted by Crippen LogP contribution is -2.44. The molecular weight excluding hydrogens is 334 g/mol. The molecule has 0 N–H and O–H groups in total. The average molecular weight is 359 g/mol. The number of fused-ring (bicyclic) bond motifs is 3. The van der Waals surface area contributed by atoms with Crippen molar-refractivity contribution >= 4 is 27.5 Å². The van der Waals surface area contributed by atoms with E-state index < -0.39 is 0 Å². The van der Waals surface area contributed by atoms with E-state index >= 15 is 0 Å². The zero-order valence-corrected chi connectivity index (χ0v) is 15.8. The van der Waals surface area contributed by atoms with Gasteiger partial charge in [0, 0.05) is 18.0 Å². The number of nitrogens with zero attached hydrogens (tertiary/aromatic N) is 3. The van der Waals surface area contributed by atoms with E-state index in [9.17, 15) is 9.59 Å². The molecular formula is C19H25N3O2S. The van der Waals surface area contributed by atoms with Gasteiger partial charge < -0.3 is 4.90 Å². The molecule has 134 valence electrons. The van der Waals surface area contributed by atoms with E-state index in [0.29, 0.717) is 11.8 Å². The van der Waals surface area contributed by atoms with E-state index in [1.165, 1.54) is 21.4 Å². The lowest BCUT2D eigenvalue weighted by Gasteiger charge is -2.35. The molecule has 3 heterocycles. The first kappa shape index (κ1) is 16.8. The monoisotopic (exact) mass is 359 g/mol. The molecule has 0 aromatic carbocycles. The number of hydrogen-bond donors (Lipinski definition) is 0. The molecule has 1 aliphatic heterocycles. The molecule has 1 fully saturated rings. The van der Waals surface area contributed by atoms with Gasteiger partial charge in [0.2, 0.25) is 5.91 Å². The molecule has 4 rings (SSSR count). The van der Waals surface area contributed by atoms with Crippen molar-refractivity contribution in [2.75, 3.05) is 13.1 Å². The Hall–Kier alpha value is -1.69. The number of rotatable bonds is 2. The number of aryl methyl sites for hydroxylation is 2. The van der Waals surface area contributed by atoms with Gasteiger partial charge in [-0.15, -0.1) is 11.3 Å². The Balaban J connectivity index is 1.62. The normalized spacial score (nSPS) is 23.7. The summed E-state index contributed by atoms with van der Waals surface area (Å²) in [7, 11) is 0. The van der Waals surface area contributed by atoms with Gasteiger partial charge in [-0.05, 0) is 49.5 Å². The van der Waals surface area contributed by atoms with Gasteiger partial charge in [-0.25, -0.2) is 4.98 Å². The molecule has 2 aromatic rings. The third-order valence-corrected chi connectivity index (χ3v) is 6.67. The molecule has 5 nitrogen and oxygen atoms in total. The van der Waals surface area contributed by atoms with Crippen LogP contribution < -0.4 is 5.56 Å². The first-order valence-corrected chi connectivity index (χ1v) is 10.1. The average Bonchev–Trinajstić information content (AvgIpc) is 2.95. The summed E-state index contributed by atoms with van der Waals surface area (Å²) >= 11 is 1.65. The first-order valence-electron chi connectivity index (χ1n) is 9.30. The lowest BCUT2D eigenvalue weighted by molar-refractivity contribution is -0.134. The predicted molar refractivity (Wildman–Crippen MR) is 100 cm³/mol. The van der Waals surface area contributed by atoms with Crippen LogP contribution in [0.1, 0.15) is 43.6 Å². The molecule has 25 heavy (non-hydrogen) atoms. The van der Waals surface area contributed by atoms with Crippen LogP contribution in [0.4, 0.5) is 0 Å². The van der Waals surface area contributed by atoms with Gasteiger partial charge in [0.25, 0.3) is 5.56 Å². The quantitative estimate of drug-likeness (QED) is 0.828. The van der Waals surface area contributed by atoms with Gasteiger partial charge in [-0.2, -0.15) is 0 Å². The van der Waals surface area contributed by atoms with Gasteiger partial charge in [0.1, 0.15) is 11.4 Å². The minimum absolute atomic E-state index is 0.0331. The van der Waals surface area contributed by atoms with Crippen LogP contribution >= 0.6 is 11.3 Å². The largest absolute Gasteiger partial charge is 0.341 e. The van der Waals surface area contributed by atoms with Crippen LogP contribution in [-0.4, -0.2) is 33.4 Å². The summed E-state index contributed by atoms with van der Waals surface area (Å²) in [5.74, 6) is 1.08. The highest BCUT2D eigenvalue weighted by molar-refractivity contribution is 7.18. The number of thiophene rings is 1. The van der Waals surface area contributed by atoms with Crippen molar-refractivity contribution in [1.82, 2.24) is 14.5 Å². The van der Waals surface area contributed by atoms with E-state index in [4.69, 9.17) is 0 Å². The Labute approximate surface area is 151 Å². The summed E-state index contributed by atoms with van der Waals surface area (Å²) in [4.78, 5) is 34.2.